The van der Waals surface area contributed by atoms with E-state index in [2.05, 4.69) is 0 Å². The van der Waals surface area contributed by atoms with Crippen molar-refractivity contribution in [1.29, 1.82) is 0 Å². The summed E-state index contributed by atoms with van der Waals surface area (Å²) in [5.74, 6) is -0.945. The third kappa shape index (κ3) is 2.54. The molecule has 0 fully saturated rings. The predicted molar refractivity (Wildman–Crippen MR) is 71.0 cm³/mol. The van der Waals surface area contributed by atoms with Gasteiger partial charge in [0.2, 0.25) is 0 Å². The Bertz CT molecular complexity index is 638. The highest BCUT2D eigenvalue weighted by Gasteiger charge is 2.25. The number of fused-ring (bicyclic) bond motifs is 1. The lowest BCUT2D eigenvalue weighted by molar-refractivity contribution is -0.151. The largest absolute Gasteiger partial charge is 0.461 e. The highest BCUT2D eigenvalue weighted by molar-refractivity contribution is 5.79. The summed E-state index contributed by atoms with van der Waals surface area (Å²) < 4.78 is 11.7. The van der Waals surface area contributed by atoms with Crippen LogP contribution in [0.3, 0.4) is 0 Å². The van der Waals surface area contributed by atoms with Crippen LogP contribution in [0, 0.1) is 0 Å². The number of hydrogen-bond acceptors (Lipinski definition) is 4. The zero-order valence-electron chi connectivity index (χ0n) is 11.3. The van der Waals surface area contributed by atoms with Crippen LogP contribution in [0.5, 0.6) is 0 Å². The fraction of sp³-hybridized carbons (Fsp3) is 0.429. The SMILES string of the molecule is CCC(C(=O)OC(C)C)n1c(=O)oc2ccccc21. The molecule has 0 N–H and O–H groups in total. The fourth-order valence-corrected chi connectivity index (χ4v) is 2.04. The number of para-hydroxylation sites is 2. The normalized spacial score (nSPS) is 12.8. The van der Waals surface area contributed by atoms with Gasteiger partial charge in [-0.2, -0.15) is 0 Å². The molecule has 0 radical (unpaired) electrons. The molecule has 1 heterocycles. The van der Waals surface area contributed by atoms with E-state index < -0.39 is 17.8 Å². The number of oxazole rings is 1. The summed E-state index contributed by atoms with van der Waals surface area (Å²) in [6.07, 6.45) is 0.255. The monoisotopic (exact) mass is 263 g/mol. The smallest absolute Gasteiger partial charge is 0.420 e. The third-order valence-corrected chi connectivity index (χ3v) is 2.84. The van der Waals surface area contributed by atoms with E-state index in [1.54, 1.807) is 38.1 Å². The molecule has 2 rings (SSSR count). The van der Waals surface area contributed by atoms with E-state index in [1.165, 1.54) is 4.57 Å². The quantitative estimate of drug-likeness (QED) is 0.795. The minimum Gasteiger partial charge on any atom is -0.461 e. The Morgan fingerprint density at radius 1 is 1.37 bits per heavy atom. The van der Waals surface area contributed by atoms with Gasteiger partial charge >= 0.3 is 11.7 Å². The summed E-state index contributed by atoms with van der Waals surface area (Å²) in [6, 6.07) is 6.38. The number of nitrogens with zero attached hydrogens (tertiary/aromatic N) is 1. The molecule has 1 unspecified atom stereocenters. The predicted octanol–water partition coefficient (Wildman–Crippen LogP) is 2.50. The van der Waals surface area contributed by atoms with E-state index in [0.717, 1.165) is 0 Å². The average molecular weight is 263 g/mol. The Morgan fingerprint density at radius 2 is 2.05 bits per heavy atom. The molecule has 0 saturated heterocycles. The minimum atomic E-state index is -0.654. The summed E-state index contributed by atoms with van der Waals surface area (Å²) in [6.45, 7) is 5.39. The van der Waals surface area contributed by atoms with Gasteiger partial charge in [-0.25, -0.2) is 9.59 Å². The number of esters is 1. The zero-order valence-corrected chi connectivity index (χ0v) is 11.3. The van der Waals surface area contributed by atoms with Gasteiger partial charge < -0.3 is 9.15 Å². The Morgan fingerprint density at radius 3 is 2.68 bits per heavy atom. The second-order valence-corrected chi connectivity index (χ2v) is 4.62. The highest BCUT2D eigenvalue weighted by atomic mass is 16.5. The summed E-state index contributed by atoms with van der Waals surface area (Å²) in [7, 11) is 0. The van der Waals surface area contributed by atoms with Crippen LogP contribution in [0.1, 0.15) is 33.2 Å². The molecular formula is C14H17NO4. The molecule has 102 valence electrons. The molecule has 0 aliphatic rings. The highest BCUT2D eigenvalue weighted by Crippen LogP contribution is 2.20. The van der Waals surface area contributed by atoms with E-state index >= 15 is 0 Å². The van der Waals surface area contributed by atoms with Crippen molar-refractivity contribution in [2.24, 2.45) is 0 Å². The molecule has 5 nitrogen and oxygen atoms in total. The molecule has 1 atom stereocenters. The number of rotatable bonds is 4. The van der Waals surface area contributed by atoms with Crippen molar-refractivity contribution in [3.63, 3.8) is 0 Å². The summed E-state index contributed by atoms with van der Waals surface area (Å²) in [4.78, 5) is 24.0. The van der Waals surface area contributed by atoms with Gasteiger partial charge in [-0.3, -0.25) is 4.57 Å². The van der Waals surface area contributed by atoms with E-state index in [0.29, 0.717) is 17.5 Å². The lowest BCUT2D eigenvalue weighted by Gasteiger charge is -2.16. The van der Waals surface area contributed by atoms with Crippen LogP contribution in [0.15, 0.2) is 33.5 Å². The fourth-order valence-electron chi connectivity index (χ4n) is 2.04. The van der Waals surface area contributed by atoms with E-state index in [1.807, 2.05) is 6.92 Å². The molecule has 0 saturated carbocycles. The summed E-state index contributed by atoms with van der Waals surface area (Å²) in [5, 5.41) is 0. The molecule has 2 aromatic rings. The lowest BCUT2D eigenvalue weighted by atomic mass is 10.2. The topological polar surface area (TPSA) is 61.4 Å². The maximum Gasteiger partial charge on any atom is 0.420 e. The van der Waals surface area contributed by atoms with Crippen LogP contribution in [0.25, 0.3) is 11.1 Å². The van der Waals surface area contributed by atoms with Crippen LogP contribution in [-0.2, 0) is 9.53 Å². The number of ether oxygens (including phenoxy) is 1. The van der Waals surface area contributed by atoms with Crippen LogP contribution in [-0.4, -0.2) is 16.6 Å². The van der Waals surface area contributed by atoms with E-state index in [9.17, 15) is 9.59 Å². The maximum atomic E-state index is 12.1. The van der Waals surface area contributed by atoms with Crippen LogP contribution < -0.4 is 5.76 Å². The average Bonchev–Trinajstić information content (AvgIpc) is 2.66. The Kier molecular flexibility index (Phi) is 3.74. The maximum absolute atomic E-state index is 12.1. The molecule has 1 aromatic heterocycles. The molecule has 0 spiro atoms. The van der Waals surface area contributed by atoms with Crippen molar-refractivity contribution in [3.05, 3.63) is 34.8 Å². The van der Waals surface area contributed by atoms with Crippen molar-refractivity contribution in [2.45, 2.75) is 39.3 Å². The molecule has 19 heavy (non-hydrogen) atoms. The standard InChI is InChI=1S/C14H17NO4/c1-4-10(13(16)18-9(2)3)15-11-7-5-6-8-12(11)19-14(15)17/h5-10H,4H2,1-3H3. The van der Waals surface area contributed by atoms with Crippen molar-refractivity contribution in [2.75, 3.05) is 0 Å². The van der Waals surface area contributed by atoms with E-state index in [-0.39, 0.29) is 6.10 Å². The van der Waals surface area contributed by atoms with Crippen LogP contribution >= 0.6 is 0 Å². The zero-order chi connectivity index (χ0) is 14.0. The molecule has 0 aliphatic heterocycles. The van der Waals surface area contributed by atoms with Crippen molar-refractivity contribution >= 4 is 17.1 Å². The van der Waals surface area contributed by atoms with Crippen molar-refractivity contribution in [3.8, 4) is 0 Å². The van der Waals surface area contributed by atoms with Crippen molar-refractivity contribution < 1.29 is 13.9 Å². The minimum absolute atomic E-state index is 0.213. The molecule has 5 heteroatoms. The van der Waals surface area contributed by atoms with Gasteiger partial charge in [0.05, 0.1) is 11.6 Å². The third-order valence-electron chi connectivity index (χ3n) is 2.84. The molecular weight excluding hydrogens is 246 g/mol. The van der Waals surface area contributed by atoms with Gasteiger partial charge in [-0.15, -0.1) is 0 Å². The first-order valence-corrected chi connectivity index (χ1v) is 6.35. The summed E-state index contributed by atoms with van der Waals surface area (Å²) in [5.41, 5.74) is 1.09. The first-order valence-electron chi connectivity index (χ1n) is 6.35. The first-order chi connectivity index (χ1) is 9.04. The molecule has 0 aliphatic carbocycles. The Balaban J connectivity index is 2.49. The lowest BCUT2D eigenvalue weighted by Crippen LogP contribution is -2.29. The van der Waals surface area contributed by atoms with Crippen LogP contribution in [0.4, 0.5) is 0 Å². The number of hydrogen-bond donors (Lipinski definition) is 0. The number of benzene rings is 1. The first kappa shape index (κ1) is 13.4. The second-order valence-electron chi connectivity index (χ2n) is 4.62. The van der Waals surface area contributed by atoms with Gasteiger partial charge in [-0.05, 0) is 32.4 Å². The van der Waals surface area contributed by atoms with Crippen LogP contribution in [0.2, 0.25) is 0 Å². The number of carbonyl (C=O) groups excluding carboxylic acids is 1. The van der Waals surface area contributed by atoms with Gasteiger partial charge in [0.25, 0.3) is 0 Å². The van der Waals surface area contributed by atoms with Gasteiger partial charge in [0.1, 0.15) is 6.04 Å². The number of carbonyl (C=O) groups is 1. The van der Waals surface area contributed by atoms with Gasteiger partial charge in [0.15, 0.2) is 5.58 Å². The van der Waals surface area contributed by atoms with Gasteiger partial charge in [-0.1, -0.05) is 19.1 Å². The molecule has 1 aromatic carbocycles. The van der Waals surface area contributed by atoms with Gasteiger partial charge in [0, 0.05) is 0 Å². The van der Waals surface area contributed by atoms with Crippen molar-refractivity contribution in [1.82, 2.24) is 4.57 Å². The Hall–Kier alpha value is -2.04. The molecule has 0 bridgehead atoms. The second kappa shape index (κ2) is 5.30. The summed E-state index contributed by atoms with van der Waals surface area (Å²) >= 11 is 0. The van der Waals surface area contributed by atoms with E-state index in [4.69, 9.17) is 9.15 Å². The number of aromatic nitrogens is 1. The molecule has 0 amide bonds. The Labute approximate surface area is 110 Å².